The number of benzene rings is 1. The number of nitrogens with one attached hydrogen (secondary N) is 1. The fraction of sp³-hybridized carbons (Fsp3) is 0.296. The second kappa shape index (κ2) is 9.22. The summed E-state index contributed by atoms with van der Waals surface area (Å²) in [6.07, 6.45) is 7.41. The third-order valence-corrected chi connectivity index (χ3v) is 7.41. The highest BCUT2D eigenvalue weighted by atomic mass is 16.2. The van der Waals surface area contributed by atoms with Gasteiger partial charge in [0.2, 0.25) is 5.91 Å². The highest BCUT2D eigenvalue weighted by molar-refractivity contribution is 6.36. The summed E-state index contributed by atoms with van der Waals surface area (Å²) in [6.45, 7) is 1.97. The highest BCUT2D eigenvalue weighted by Crippen LogP contribution is 2.36. The molecular formula is C27H27BN6O2. The van der Waals surface area contributed by atoms with Gasteiger partial charge in [0, 0.05) is 67.9 Å². The van der Waals surface area contributed by atoms with E-state index in [1.165, 1.54) is 0 Å². The maximum absolute atomic E-state index is 13.3. The number of rotatable bonds is 5. The average Bonchev–Trinajstić information content (AvgIpc) is 3.47. The van der Waals surface area contributed by atoms with E-state index < -0.39 is 0 Å². The number of hydrogen-bond acceptors (Lipinski definition) is 6. The molecule has 4 heterocycles. The van der Waals surface area contributed by atoms with Crippen LogP contribution in [0.15, 0.2) is 61.1 Å². The molecule has 0 radical (unpaired) electrons. The number of carbonyl (C=O) groups excluding carboxylic acids is 2. The maximum Gasteiger partial charge on any atom is 0.230 e. The Morgan fingerprint density at radius 2 is 1.94 bits per heavy atom. The van der Waals surface area contributed by atoms with Crippen molar-refractivity contribution >= 4 is 36.5 Å². The van der Waals surface area contributed by atoms with Crippen molar-refractivity contribution in [3.63, 3.8) is 0 Å². The molecule has 9 heteroatoms. The van der Waals surface area contributed by atoms with E-state index in [1.54, 1.807) is 6.20 Å². The van der Waals surface area contributed by atoms with Gasteiger partial charge in [0.1, 0.15) is 13.7 Å². The molecular weight excluding hydrogens is 451 g/mol. The van der Waals surface area contributed by atoms with Crippen LogP contribution in [0.4, 0.5) is 5.82 Å². The zero-order valence-corrected chi connectivity index (χ0v) is 20.2. The predicted octanol–water partition coefficient (Wildman–Crippen LogP) is 2.07. The summed E-state index contributed by atoms with van der Waals surface area (Å²) >= 11 is 0. The molecule has 4 aromatic rings. The molecule has 1 aliphatic heterocycles. The largest absolute Gasteiger partial charge is 0.366 e. The lowest BCUT2D eigenvalue weighted by atomic mass is 9.91. The van der Waals surface area contributed by atoms with Gasteiger partial charge in [-0.1, -0.05) is 30.3 Å². The number of carbonyl (C=O) groups is 2. The van der Waals surface area contributed by atoms with Crippen LogP contribution in [0.5, 0.6) is 0 Å². The molecule has 1 unspecified atom stereocenters. The van der Waals surface area contributed by atoms with Crippen molar-refractivity contribution in [3.8, 4) is 0 Å². The van der Waals surface area contributed by atoms with Gasteiger partial charge in [0.05, 0.1) is 5.92 Å². The quantitative estimate of drug-likeness (QED) is 0.442. The van der Waals surface area contributed by atoms with Crippen molar-refractivity contribution in [1.29, 1.82) is 0 Å². The number of piperidine rings is 1. The van der Waals surface area contributed by atoms with E-state index in [0.717, 1.165) is 46.6 Å². The first-order valence-corrected chi connectivity index (χ1v) is 12.5. The molecule has 8 nitrogen and oxygen atoms in total. The van der Waals surface area contributed by atoms with E-state index in [9.17, 15) is 9.59 Å². The molecule has 0 spiro atoms. The van der Waals surface area contributed by atoms with Gasteiger partial charge < -0.3 is 10.2 Å². The molecule has 1 amide bonds. The Hall–Kier alpha value is -4.01. The molecule has 0 saturated carbocycles. The Kier molecular flexibility index (Phi) is 5.75. The molecule has 1 N–H and O–H groups in total. The summed E-state index contributed by atoms with van der Waals surface area (Å²) in [5.74, 6) is 0.938. The number of anilines is 1. The summed E-state index contributed by atoms with van der Waals surface area (Å²) in [5.41, 5.74) is 5.56. The number of nitrogens with zero attached hydrogens (tertiary/aromatic N) is 5. The maximum atomic E-state index is 13.3. The van der Waals surface area contributed by atoms with Crippen molar-refractivity contribution in [1.82, 2.24) is 24.5 Å². The Morgan fingerprint density at radius 1 is 1.11 bits per heavy atom. The Balaban J connectivity index is 1.18. The minimum Gasteiger partial charge on any atom is -0.366 e. The topological polar surface area (TPSA) is 92.5 Å². The van der Waals surface area contributed by atoms with Crippen LogP contribution < -0.4 is 10.8 Å². The van der Waals surface area contributed by atoms with Crippen molar-refractivity contribution in [2.75, 3.05) is 18.4 Å². The fourth-order valence-electron chi connectivity index (χ4n) is 5.42. The van der Waals surface area contributed by atoms with Crippen LogP contribution in [0, 0.1) is 0 Å². The summed E-state index contributed by atoms with van der Waals surface area (Å²) in [5, 5.41) is 8.01. The number of likely N-dealkylation sites (tertiary alicyclic amines) is 1. The molecule has 1 aromatic carbocycles. The molecule has 1 atom stereocenters. The van der Waals surface area contributed by atoms with Gasteiger partial charge in [-0.3, -0.25) is 14.6 Å². The van der Waals surface area contributed by atoms with Gasteiger partial charge in [-0.15, -0.1) is 0 Å². The molecule has 1 fully saturated rings. The molecule has 1 aliphatic carbocycles. The molecule has 36 heavy (non-hydrogen) atoms. The zero-order valence-electron chi connectivity index (χ0n) is 20.2. The van der Waals surface area contributed by atoms with Gasteiger partial charge >= 0.3 is 0 Å². The van der Waals surface area contributed by atoms with Gasteiger partial charge in [-0.05, 0) is 35.5 Å². The number of fused-ring (bicyclic) bond motifs is 2. The summed E-state index contributed by atoms with van der Waals surface area (Å²) in [7, 11) is 2.02. The first-order chi connectivity index (χ1) is 17.6. The van der Waals surface area contributed by atoms with E-state index >= 15 is 0 Å². The number of Topliss-reactive ketones (excluding diaryl/α,β-unsaturated/α-hetero) is 1. The molecule has 6 rings (SSSR count). The van der Waals surface area contributed by atoms with Gasteiger partial charge in [-0.25, -0.2) is 4.98 Å². The summed E-state index contributed by atoms with van der Waals surface area (Å²) in [6, 6.07) is 13.6. The number of aromatic nitrogens is 4. The van der Waals surface area contributed by atoms with Crippen LogP contribution in [-0.2, 0) is 11.3 Å². The normalized spacial score (nSPS) is 17.9. The van der Waals surface area contributed by atoms with Crippen molar-refractivity contribution in [2.24, 2.45) is 0 Å². The van der Waals surface area contributed by atoms with Crippen LogP contribution in [0.2, 0.25) is 0 Å². The SMILES string of the molecule is Bc1cnn2c(NCc3cccnc3)cc(C3CCN(C(=O)C4CC(=O)c5ccccc54)CC3)nc12. The Morgan fingerprint density at radius 3 is 2.75 bits per heavy atom. The summed E-state index contributed by atoms with van der Waals surface area (Å²) < 4.78 is 1.85. The lowest BCUT2D eigenvalue weighted by Gasteiger charge is -2.33. The number of amides is 1. The second-order valence-corrected chi connectivity index (χ2v) is 9.71. The van der Waals surface area contributed by atoms with Crippen LogP contribution in [0.25, 0.3) is 5.65 Å². The van der Waals surface area contributed by atoms with Crippen molar-refractivity contribution < 1.29 is 9.59 Å². The van der Waals surface area contributed by atoms with Crippen LogP contribution in [0.3, 0.4) is 0 Å². The second-order valence-electron chi connectivity index (χ2n) is 9.71. The van der Waals surface area contributed by atoms with Crippen LogP contribution in [-0.4, -0.2) is 57.1 Å². The Labute approximate surface area is 210 Å². The minimum absolute atomic E-state index is 0.0684. The van der Waals surface area contributed by atoms with Crippen molar-refractivity contribution in [2.45, 2.75) is 37.6 Å². The van der Waals surface area contributed by atoms with E-state index in [4.69, 9.17) is 4.98 Å². The molecule has 2 aliphatic rings. The predicted molar refractivity (Wildman–Crippen MR) is 139 cm³/mol. The average molecular weight is 478 g/mol. The number of pyridine rings is 1. The first kappa shape index (κ1) is 22.5. The van der Waals surface area contributed by atoms with Gasteiger partial charge in [-0.2, -0.15) is 9.61 Å². The van der Waals surface area contributed by atoms with Crippen molar-refractivity contribution in [3.05, 3.63) is 83.4 Å². The van der Waals surface area contributed by atoms with E-state index in [1.807, 2.05) is 66.1 Å². The lowest BCUT2D eigenvalue weighted by Crippen LogP contribution is -2.40. The van der Waals surface area contributed by atoms with Gasteiger partial charge in [0.15, 0.2) is 11.4 Å². The van der Waals surface area contributed by atoms with E-state index in [2.05, 4.69) is 21.5 Å². The Bertz CT molecular complexity index is 1450. The minimum atomic E-state index is -0.350. The summed E-state index contributed by atoms with van der Waals surface area (Å²) in [4.78, 5) is 36.8. The highest BCUT2D eigenvalue weighted by Gasteiger charge is 2.37. The molecule has 1 saturated heterocycles. The number of hydrogen-bond donors (Lipinski definition) is 1. The molecule has 180 valence electrons. The van der Waals surface area contributed by atoms with Crippen LogP contribution >= 0.6 is 0 Å². The fourth-order valence-corrected chi connectivity index (χ4v) is 5.42. The molecule has 0 bridgehead atoms. The zero-order chi connectivity index (χ0) is 24.6. The smallest absolute Gasteiger partial charge is 0.230 e. The lowest BCUT2D eigenvalue weighted by molar-refractivity contribution is -0.133. The monoisotopic (exact) mass is 478 g/mol. The third-order valence-electron chi connectivity index (χ3n) is 7.41. The third kappa shape index (κ3) is 4.04. The standard InChI is InChI=1S/C27H27BN6O2/c28-22-16-31-34-25(30-15-17-4-3-9-29-14-17)13-23(32-26(22)34)18-7-10-33(11-8-18)27(36)21-12-24(35)20-6-2-1-5-19(20)21/h1-6,9,13-14,16,18,21,30H,7-8,10-12,15,28H2. The number of ketones is 1. The van der Waals surface area contributed by atoms with E-state index in [0.29, 0.717) is 25.2 Å². The first-order valence-electron chi connectivity index (χ1n) is 12.5. The molecule has 3 aromatic heterocycles. The van der Waals surface area contributed by atoms with E-state index in [-0.39, 0.29) is 29.9 Å². The van der Waals surface area contributed by atoms with Crippen LogP contribution in [0.1, 0.15) is 58.3 Å². The van der Waals surface area contributed by atoms with Gasteiger partial charge in [0.25, 0.3) is 0 Å².